The van der Waals surface area contributed by atoms with Gasteiger partial charge in [-0.25, -0.2) is 0 Å². The maximum Gasteiger partial charge on any atom is 0.157 e. The van der Waals surface area contributed by atoms with Gasteiger partial charge in [0.25, 0.3) is 0 Å². The maximum atomic E-state index is 11.9. The Kier molecular flexibility index (Phi) is 3.33. The first-order chi connectivity index (χ1) is 8.19. The monoisotopic (exact) mass is 249 g/mol. The van der Waals surface area contributed by atoms with Crippen LogP contribution in [-0.2, 0) is 4.79 Å². The predicted molar refractivity (Wildman–Crippen MR) is 75.3 cm³/mol. The molecule has 2 heteroatoms. The number of ketones is 1. The molecule has 0 aromatic heterocycles. The molecule has 1 aliphatic carbocycles. The molecule has 0 spiro atoms. The normalized spacial score (nSPS) is 28.5. The summed E-state index contributed by atoms with van der Waals surface area (Å²) >= 11 is 0. The Bertz CT molecular complexity index is 373. The molecule has 1 fully saturated rings. The molecule has 0 radical (unpaired) electrons. The lowest BCUT2D eigenvalue weighted by molar-refractivity contribution is -0.117. The van der Waals surface area contributed by atoms with Crippen molar-refractivity contribution in [1.29, 1.82) is 0 Å². The summed E-state index contributed by atoms with van der Waals surface area (Å²) in [6, 6.07) is 0.588. The maximum absolute atomic E-state index is 11.9. The highest BCUT2D eigenvalue weighted by Gasteiger charge is 2.38. The molecule has 18 heavy (non-hydrogen) atoms. The van der Waals surface area contributed by atoms with Gasteiger partial charge in [-0.3, -0.25) is 4.79 Å². The molecule has 0 saturated carbocycles. The van der Waals surface area contributed by atoms with Crippen LogP contribution in [0.1, 0.15) is 60.3 Å². The summed E-state index contributed by atoms with van der Waals surface area (Å²) in [7, 11) is 0. The largest absolute Gasteiger partial charge is 0.371 e. The predicted octanol–water partition coefficient (Wildman–Crippen LogP) is 3.77. The van der Waals surface area contributed by atoms with Crippen LogP contribution in [0, 0.1) is 10.8 Å². The van der Waals surface area contributed by atoms with Crippen LogP contribution < -0.4 is 0 Å². The van der Waals surface area contributed by atoms with E-state index in [1.54, 1.807) is 0 Å². The molecule has 0 aromatic rings. The molecule has 1 saturated heterocycles. The van der Waals surface area contributed by atoms with Gasteiger partial charge in [0.2, 0.25) is 0 Å². The molecule has 2 rings (SSSR count). The number of hydrogen-bond acceptors (Lipinski definition) is 2. The van der Waals surface area contributed by atoms with Gasteiger partial charge in [0.15, 0.2) is 5.78 Å². The van der Waals surface area contributed by atoms with Crippen molar-refractivity contribution in [2.75, 3.05) is 6.54 Å². The van der Waals surface area contributed by atoms with Crippen molar-refractivity contribution in [3.05, 3.63) is 11.8 Å². The first-order valence-electron chi connectivity index (χ1n) is 7.19. The summed E-state index contributed by atoms with van der Waals surface area (Å²) < 4.78 is 0. The Morgan fingerprint density at radius 3 is 2.50 bits per heavy atom. The van der Waals surface area contributed by atoms with E-state index in [0.29, 0.717) is 23.7 Å². The fourth-order valence-electron chi connectivity index (χ4n) is 3.51. The van der Waals surface area contributed by atoms with Crippen molar-refractivity contribution in [3.63, 3.8) is 0 Å². The van der Waals surface area contributed by atoms with E-state index in [1.807, 2.05) is 6.08 Å². The highest BCUT2D eigenvalue weighted by molar-refractivity contribution is 5.91. The molecule has 1 aliphatic heterocycles. The lowest BCUT2D eigenvalue weighted by Crippen LogP contribution is -2.41. The van der Waals surface area contributed by atoms with Crippen LogP contribution in [0.2, 0.25) is 0 Å². The summed E-state index contributed by atoms with van der Waals surface area (Å²) in [5, 5.41) is 0. The van der Waals surface area contributed by atoms with E-state index in [4.69, 9.17) is 0 Å². The van der Waals surface area contributed by atoms with E-state index < -0.39 is 0 Å². The third kappa shape index (κ3) is 2.78. The Labute approximate surface area is 111 Å². The van der Waals surface area contributed by atoms with Crippen LogP contribution >= 0.6 is 0 Å². The molecule has 2 aliphatic rings. The molecule has 2 nitrogen and oxygen atoms in total. The fraction of sp³-hybridized carbons (Fsp3) is 0.812. The van der Waals surface area contributed by atoms with Crippen LogP contribution in [0.3, 0.4) is 0 Å². The van der Waals surface area contributed by atoms with Crippen molar-refractivity contribution >= 4 is 5.78 Å². The third-order valence-electron chi connectivity index (χ3n) is 4.26. The average molecular weight is 249 g/mol. The summed E-state index contributed by atoms with van der Waals surface area (Å²) in [5.74, 6) is 0.306. The first kappa shape index (κ1) is 13.6. The molecule has 0 bridgehead atoms. The van der Waals surface area contributed by atoms with E-state index >= 15 is 0 Å². The lowest BCUT2D eigenvalue weighted by atomic mass is 9.77. The Morgan fingerprint density at radius 2 is 1.94 bits per heavy atom. The van der Waals surface area contributed by atoms with Gasteiger partial charge in [-0.2, -0.15) is 0 Å². The summed E-state index contributed by atoms with van der Waals surface area (Å²) in [6.45, 7) is 12.5. The summed E-state index contributed by atoms with van der Waals surface area (Å²) in [6.07, 6.45) is 6.18. The van der Waals surface area contributed by atoms with Crippen molar-refractivity contribution in [2.24, 2.45) is 10.8 Å². The van der Waals surface area contributed by atoms with Crippen molar-refractivity contribution in [1.82, 2.24) is 4.90 Å². The molecule has 1 atom stereocenters. The Balaban J connectivity index is 2.23. The van der Waals surface area contributed by atoms with Crippen LogP contribution in [0.4, 0.5) is 0 Å². The van der Waals surface area contributed by atoms with Gasteiger partial charge in [0.1, 0.15) is 0 Å². The summed E-state index contributed by atoms with van der Waals surface area (Å²) in [4.78, 5) is 14.4. The topological polar surface area (TPSA) is 20.3 Å². The van der Waals surface area contributed by atoms with Crippen LogP contribution in [0.5, 0.6) is 0 Å². The van der Waals surface area contributed by atoms with Gasteiger partial charge in [0, 0.05) is 30.8 Å². The van der Waals surface area contributed by atoms with Gasteiger partial charge in [-0.15, -0.1) is 0 Å². The van der Waals surface area contributed by atoms with Crippen molar-refractivity contribution in [3.8, 4) is 0 Å². The molecule has 1 unspecified atom stereocenters. The van der Waals surface area contributed by atoms with E-state index in [1.165, 1.54) is 18.5 Å². The van der Waals surface area contributed by atoms with Gasteiger partial charge >= 0.3 is 0 Å². The van der Waals surface area contributed by atoms with Crippen molar-refractivity contribution in [2.45, 2.75) is 66.3 Å². The molecule has 1 heterocycles. The molecule has 102 valence electrons. The first-order valence-corrected chi connectivity index (χ1v) is 7.19. The van der Waals surface area contributed by atoms with Crippen LogP contribution in [0.25, 0.3) is 0 Å². The molecular weight excluding hydrogens is 222 g/mol. The molecular formula is C16H27NO. The molecule has 0 N–H and O–H groups in total. The van der Waals surface area contributed by atoms with Crippen LogP contribution in [-0.4, -0.2) is 23.3 Å². The number of hydrogen-bond donors (Lipinski definition) is 0. The standard InChI is InChI=1S/C16H27NO/c1-15(2,3)14-7-6-8-17(14)12-9-13(18)11-16(4,5)10-12/h9,14H,6-8,10-11H2,1-5H3. The SMILES string of the molecule is CC1(C)CC(=O)C=C(N2CCCC2C(C)(C)C)C1. The number of carbonyl (C=O) groups excluding carboxylic acids is 1. The zero-order valence-corrected chi connectivity index (χ0v) is 12.5. The minimum atomic E-state index is 0.131. The number of nitrogens with zero attached hydrogens (tertiary/aromatic N) is 1. The average Bonchev–Trinajstić information content (AvgIpc) is 2.60. The smallest absolute Gasteiger partial charge is 0.157 e. The number of rotatable bonds is 1. The van der Waals surface area contributed by atoms with E-state index in [-0.39, 0.29) is 5.41 Å². The van der Waals surface area contributed by atoms with Gasteiger partial charge in [0.05, 0.1) is 0 Å². The molecule has 0 amide bonds. The van der Waals surface area contributed by atoms with Gasteiger partial charge in [-0.1, -0.05) is 34.6 Å². The lowest BCUT2D eigenvalue weighted by Gasteiger charge is -2.41. The number of carbonyl (C=O) groups is 1. The zero-order chi connectivity index (χ0) is 13.6. The minimum Gasteiger partial charge on any atom is -0.371 e. The minimum absolute atomic E-state index is 0.131. The number of allylic oxidation sites excluding steroid dienone is 2. The van der Waals surface area contributed by atoms with E-state index in [2.05, 4.69) is 39.5 Å². The van der Waals surface area contributed by atoms with Crippen molar-refractivity contribution < 1.29 is 4.79 Å². The second-order valence-electron chi connectivity index (χ2n) is 7.84. The highest BCUT2D eigenvalue weighted by atomic mass is 16.1. The fourth-order valence-corrected chi connectivity index (χ4v) is 3.51. The van der Waals surface area contributed by atoms with E-state index in [9.17, 15) is 4.79 Å². The Morgan fingerprint density at radius 1 is 1.28 bits per heavy atom. The number of likely N-dealkylation sites (tertiary alicyclic amines) is 1. The third-order valence-corrected chi connectivity index (χ3v) is 4.26. The second-order valence-corrected chi connectivity index (χ2v) is 7.84. The second kappa shape index (κ2) is 4.40. The highest BCUT2D eigenvalue weighted by Crippen LogP contribution is 2.41. The van der Waals surface area contributed by atoms with Gasteiger partial charge < -0.3 is 4.90 Å². The molecule has 0 aromatic carbocycles. The zero-order valence-electron chi connectivity index (χ0n) is 12.5. The van der Waals surface area contributed by atoms with Crippen LogP contribution in [0.15, 0.2) is 11.8 Å². The quantitative estimate of drug-likeness (QED) is 0.705. The van der Waals surface area contributed by atoms with E-state index in [0.717, 1.165) is 13.0 Å². The Hall–Kier alpha value is -0.790. The summed E-state index contributed by atoms with van der Waals surface area (Å²) in [5.41, 5.74) is 1.71. The van der Waals surface area contributed by atoms with Gasteiger partial charge in [-0.05, 0) is 30.1 Å².